The number of hydrogen-bond acceptors (Lipinski definition) is 3. The van der Waals surface area contributed by atoms with Crippen molar-refractivity contribution in [2.24, 2.45) is 0 Å². The highest BCUT2D eigenvalue weighted by Crippen LogP contribution is 2.31. The molecule has 1 amide bonds. The Morgan fingerprint density at radius 1 is 1.25 bits per heavy atom. The second-order valence-corrected chi connectivity index (χ2v) is 6.78. The normalized spacial score (nSPS) is 18.1. The predicted octanol–water partition coefficient (Wildman–Crippen LogP) is 3.52. The average Bonchev–Trinajstić information content (AvgIpc) is 3.03. The highest BCUT2D eigenvalue weighted by molar-refractivity contribution is 5.90. The number of anilines is 1. The number of rotatable bonds is 5. The average molecular weight is 327 g/mol. The third-order valence-electron chi connectivity index (χ3n) is 4.83. The number of nitrogens with one attached hydrogen (secondary N) is 1. The van der Waals surface area contributed by atoms with E-state index in [4.69, 9.17) is 0 Å². The monoisotopic (exact) mass is 327 g/mol. The van der Waals surface area contributed by atoms with E-state index in [1.54, 1.807) is 6.07 Å². The Morgan fingerprint density at radius 3 is 2.67 bits per heavy atom. The summed E-state index contributed by atoms with van der Waals surface area (Å²) in [5.41, 5.74) is 0.317. The molecule has 2 aromatic rings. The van der Waals surface area contributed by atoms with E-state index in [1.807, 2.05) is 29.1 Å². The molecule has 2 N–H and O–H groups in total. The summed E-state index contributed by atoms with van der Waals surface area (Å²) < 4.78 is 1.83. The van der Waals surface area contributed by atoms with E-state index in [9.17, 15) is 9.90 Å². The number of carbonyl (C=O) groups is 1. The largest absolute Gasteiger partial charge is 0.389 e. The van der Waals surface area contributed by atoms with Gasteiger partial charge in [0, 0.05) is 12.3 Å². The molecule has 0 saturated heterocycles. The summed E-state index contributed by atoms with van der Waals surface area (Å²) in [5, 5.41) is 17.7. The Balaban J connectivity index is 1.60. The molecule has 0 bridgehead atoms. The number of aliphatic hydroxyl groups is 1. The summed E-state index contributed by atoms with van der Waals surface area (Å²) in [7, 11) is 0. The van der Waals surface area contributed by atoms with Gasteiger partial charge in [0.05, 0.1) is 18.1 Å². The third kappa shape index (κ3) is 4.03. The van der Waals surface area contributed by atoms with Crippen molar-refractivity contribution in [1.82, 2.24) is 9.78 Å². The summed E-state index contributed by atoms with van der Waals surface area (Å²) in [6.07, 6.45) is 6.56. The van der Waals surface area contributed by atoms with Gasteiger partial charge in [0.1, 0.15) is 0 Å². The molecule has 1 atom stereocenters. The molecule has 1 unspecified atom stereocenters. The molecule has 0 spiro atoms. The smallest absolute Gasteiger partial charge is 0.228 e. The molecule has 1 heterocycles. The van der Waals surface area contributed by atoms with Crippen LogP contribution in [0.25, 0.3) is 0 Å². The Bertz CT molecular complexity index is 675. The lowest BCUT2D eigenvalue weighted by Gasteiger charge is -2.31. The minimum Gasteiger partial charge on any atom is -0.389 e. The number of carbonyl (C=O) groups excluding carboxylic acids is 1. The molecule has 0 aliphatic heterocycles. The fourth-order valence-corrected chi connectivity index (χ4v) is 3.38. The van der Waals surface area contributed by atoms with Crippen molar-refractivity contribution >= 4 is 11.7 Å². The van der Waals surface area contributed by atoms with Crippen molar-refractivity contribution in [1.29, 1.82) is 0 Å². The van der Waals surface area contributed by atoms with Crippen molar-refractivity contribution < 1.29 is 9.90 Å². The Kier molecular flexibility index (Phi) is 5.00. The molecule has 1 aromatic heterocycles. The van der Waals surface area contributed by atoms with Gasteiger partial charge in [0.2, 0.25) is 5.91 Å². The zero-order valence-electron chi connectivity index (χ0n) is 14.1. The molecule has 3 rings (SSSR count). The summed E-state index contributed by atoms with van der Waals surface area (Å²) in [4.78, 5) is 12.2. The van der Waals surface area contributed by atoms with Crippen LogP contribution in [-0.2, 0) is 4.79 Å². The zero-order chi connectivity index (χ0) is 17.0. The quantitative estimate of drug-likeness (QED) is 0.883. The maximum Gasteiger partial charge on any atom is 0.228 e. The van der Waals surface area contributed by atoms with Gasteiger partial charge in [-0.15, -0.1) is 0 Å². The summed E-state index contributed by atoms with van der Waals surface area (Å²) in [5.74, 6) is 0.360. The van der Waals surface area contributed by atoms with Crippen LogP contribution in [0.3, 0.4) is 0 Å². The highest BCUT2D eigenvalue weighted by atomic mass is 16.3. The van der Waals surface area contributed by atoms with Gasteiger partial charge in [-0.1, -0.05) is 49.6 Å². The van der Waals surface area contributed by atoms with Crippen LogP contribution in [0, 0.1) is 0 Å². The Hall–Kier alpha value is -2.14. The lowest BCUT2D eigenvalue weighted by atomic mass is 9.82. The van der Waals surface area contributed by atoms with Crippen LogP contribution in [0.15, 0.2) is 42.6 Å². The van der Waals surface area contributed by atoms with Gasteiger partial charge in [-0.25, -0.2) is 0 Å². The lowest BCUT2D eigenvalue weighted by Crippen LogP contribution is -2.36. The van der Waals surface area contributed by atoms with E-state index in [0.29, 0.717) is 18.7 Å². The van der Waals surface area contributed by atoms with E-state index in [-0.39, 0.29) is 18.4 Å². The van der Waals surface area contributed by atoms with Crippen LogP contribution in [0.4, 0.5) is 5.82 Å². The lowest BCUT2D eigenvalue weighted by molar-refractivity contribution is -0.122. The van der Waals surface area contributed by atoms with Crippen molar-refractivity contribution in [2.45, 2.75) is 57.1 Å². The van der Waals surface area contributed by atoms with Crippen LogP contribution in [0.1, 0.15) is 57.1 Å². The first-order chi connectivity index (χ1) is 11.6. The fraction of sp³-hybridized carbons (Fsp3) is 0.474. The molecule has 5 nitrogen and oxygen atoms in total. The number of aromatic nitrogens is 2. The van der Waals surface area contributed by atoms with E-state index in [2.05, 4.69) is 29.5 Å². The first-order valence-electron chi connectivity index (χ1n) is 8.68. The van der Waals surface area contributed by atoms with Gasteiger partial charge in [0.25, 0.3) is 0 Å². The van der Waals surface area contributed by atoms with Gasteiger partial charge in [-0.3, -0.25) is 9.48 Å². The van der Waals surface area contributed by atoms with Gasteiger partial charge in [-0.2, -0.15) is 5.10 Å². The first kappa shape index (κ1) is 16.7. The van der Waals surface area contributed by atoms with Gasteiger partial charge >= 0.3 is 0 Å². The summed E-state index contributed by atoms with van der Waals surface area (Å²) in [6.45, 7) is 2.07. The molecule has 0 radical (unpaired) electrons. The molecule has 1 saturated carbocycles. The van der Waals surface area contributed by atoms with Crippen LogP contribution in [0.5, 0.6) is 0 Å². The second kappa shape index (κ2) is 7.18. The second-order valence-electron chi connectivity index (χ2n) is 6.78. The summed E-state index contributed by atoms with van der Waals surface area (Å²) in [6, 6.07) is 12.0. The zero-order valence-corrected chi connectivity index (χ0v) is 14.1. The van der Waals surface area contributed by atoms with Crippen LogP contribution in [0.2, 0.25) is 0 Å². The molecule has 1 aliphatic carbocycles. The maximum atomic E-state index is 12.2. The van der Waals surface area contributed by atoms with Crippen molar-refractivity contribution in [2.75, 3.05) is 5.32 Å². The van der Waals surface area contributed by atoms with E-state index in [0.717, 1.165) is 24.8 Å². The van der Waals surface area contributed by atoms with E-state index in [1.165, 1.54) is 0 Å². The number of benzene rings is 1. The summed E-state index contributed by atoms with van der Waals surface area (Å²) >= 11 is 0. The van der Waals surface area contributed by atoms with Crippen molar-refractivity contribution in [3.05, 3.63) is 48.2 Å². The molecule has 1 fully saturated rings. The van der Waals surface area contributed by atoms with E-state index < -0.39 is 5.60 Å². The number of nitrogens with zero attached hydrogens (tertiary/aromatic N) is 2. The topological polar surface area (TPSA) is 67.2 Å². The van der Waals surface area contributed by atoms with Crippen LogP contribution < -0.4 is 5.32 Å². The minimum atomic E-state index is -0.845. The number of amides is 1. The Labute approximate surface area is 142 Å². The fourth-order valence-electron chi connectivity index (χ4n) is 3.38. The van der Waals surface area contributed by atoms with Crippen LogP contribution in [-0.4, -0.2) is 26.4 Å². The highest BCUT2D eigenvalue weighted by Gasteiger charge is 2.31. The van der Waals surface area contributed by atoms with Gasteiger partial charge in [-0.05, 0) is 25.3 Å². The molecule has 1 aromatic carbocycles. The molecule has 128 valence electrons. The SMILES string of the molecule is CC(c1ccccc1)n1ccc(NC(=O)CC2(O)CCCCC2)n1. The third-order valence-corrected chi connectivity index (χ3v) is 4.83. The standard InChI is InChI=1S/C19H25N3O2/c1-15(16-8-4-2-5-9-16)22-13-10-17(21-22)20-18(23)14-19(24)11-6-3-7-12-19/h2,4-5,8-10,13,15,24H,3,6-7,11-12,14H2,1H3,(H,20,21,23). The molecular formula is C19H25N3O2. The molecule has 24 heavy (non-hydrogen) atoms. The minimum absolute atomic E-state index is 0.0966. The van der Waals surface area contributed by atoms with E-state index >= 15 is 0 Å². The van der Waals surface area contributed by atoms with Crippen molar-refractivity contribution in [3.8, 4) is 0 Å². The van der Waals surface area contributed by atoms with Gasteiger partial charge < -0.3 is 10.4 Å². The molecular weight excluding hydrogens is 302 g/mol. The number of hydrogen-bond donors (Lipinski definition) is 2. The maximum absolute atomic E-state index is 12.2. The van der Waals surface area contributed by atoms with Crippen molar-refractivity contribution in [3.63, 3.8) is 0 Å². The molecule has 5 heteroatoms. The predicted molar refractivity (Wildman–Crippen MR) is 93.8 cm³/mol. The molecule has 1 aliphatic rings. The van der Waals surface area contributed by atoms with Gasteiger partial charge in [0.15, 0.2) is 5.82 Å². The first-order valence-corrected chi connectivity index (χ1v) is 8.68. The Morgan fingerprint density at radius 2 is 1.96 bits per heavy atom. The van der Waals surface area contributed by atoms with Crippen LogP contribution >= 0.6 is 0 Å².